The normalized spacial score (nSPS) is 48.4. The van der Waals surface area contributed by atoms with Crippen LogP contribution in [0.5, 0.6) is 0 Å². The molecule has 3 nitrogen and oxygen atoms in total. The van der Waals surface area contributed by atoms with Crippen LogP contribution in [0.1, 0.15) is 51.9 Å². The Hall–Kier alpha value is -0.570. The Morgan fingerprint density at radius 1 is 1.00 bits per heavy atom. The van der Waals surface area contributed by atoms with Crippen molar-refractivity contribution in [3.8, 4) is 0 Å². The number of amides is 1. The van der Waals surface area contributed by atoms with Gasteiger partial charge in [0, 0.05) is 25.0 Å². The van der Waals surface area contributed by atoms with Gasteiger partial charge in [-0.3, -0.25) is 4.79 Å². The van der Waals surface area contributed by atoms with Crippen molar-refractivity contribution >= 4 is 5.91 Å². The summed E-state index contributed by atoms with van der Waals surface area (Å²) in [6.45, 7) is 3.22. The van der Waals surface area contributed by atoms with Crippen molar-refractivity contribution in [2.45, 2.75) is 64.0 Å². The molecule has 1 saturated heterocycles. The molecule has 4 bridgehead atoms. The number of nitrogens with one attached hydrogen (secondary N) is 1. The van der Waals surface area contributed by atoms with Gasteiger partial charge in [0.15, 0.2) is 0 Å². The van der Waals surface area contributed by atoms with Crippen LogP contribution in [0.3, 0.4) is 0 Å². The molecule has 1 N–H and O–H groups in total. The van der Waals surface area contributed by atoms with E-state index in [2.05, 4.69) is 24.2 Å². The number of nitrogens with zero attached hydrogens (tertiary/aromatic N) is 1. The van der Waals surface area contributed by atoms with E-state index >= 15 is 0 Å². The fourth-order valence-corrected chi connectivity index (χ4v) is 6.32. The van der Waals surface area contributed by atoms with Gasteiger partial charge in [-0.15, -0.1) is 0 Å². The van der Waals surface area contributed by atoms with Crippen molar-refractivity contribution in [2.24, 2.45) is 29.6 Å². The minimum atomic E-state index is 0.267. The van der Waals surface area contributed by atoms with E-state index in [4.69, 9.17) is 0 Å². The summed E-state index contributed by atoms with van der Waals surface area (Å²) in [4.78, 5) is 15.2. The van der Waals surface area contributed by atoms with Gasteiger partial charge in [0.2, 0.25) is 5.91 Å². The van der Waals surface area contributed by atoms with Gasteiger partial charge in [-0.25, -0.2) is 0 Å². The molecule has 21 heavy (non-hydrogen) atoms. The molecule has 1 amide bonds. The Labute approximate surface area is 128 Å². The highest BCUT2D eigenvalue weighted by molar-refractivity contribution is 5.79. The van der Waals surface area contributed by atoms with Crippen molar-refractivity contribution in [2.75, 3.05) is 13.6 Å². The van der Waals surface area contributed by atoms with Gasteiger partial charge in [-0.2, -0.15) is 0 Å². The molecule has 0 aromatic carbocycles. The van der Waals surface area contributed by atoms with Gasteiger partial charge in [-0.1, -0.05) is 0 Å². The van der Waals surface area contributed by atoms with E-state index in [1.54, 1.807) is 0 Å². The molecule has 2 unspecified atom stereocenters. The lowest BCUT2D eigenvalue weighted by Gasteiger charge is -2.57. The summed E-state index contributed by atoms with van der Waals surface area (Å²) in [7, 11) is 2.11. The van der Waals surface area contributed by atoms with E-state index in [1.165, 1.54) is 32.1 Å². The summed E-state index contributed by atoms with van der Waals surface area (Å²) < 4.78 is 0. The maximum atomic E-state index is 13.0. The number of hydrogen-bond acceptors (Lipinski definition) is 2. The van der Waals surface area contributed by atoms with Crippen LogP contribution in [0.2, 0.25) is 0 Å². The minimum absolute atomic E-state index is 0.267. The second-order valence-corrected chi connectivity index (χ2v) is 8.45. The maximum Gasteiger partial charge on any atom is 0.225 e. The fourth-order valence-electron chi connectivity index (χ4n) is 6.32. The summed E-state index contributed by atoms with van der Waals surface area (Å²) in [5.74, 6) is 4.32. The summed E-state index contributed by atoms with van der Waals surface area (Å²) >= 11 is 0. The van der Waals surface area contributed by atoms with Crippen LogP contribution in [0.4, 0.5) is 0 Å². The molecule has 0 aromatic rings. The number of rotatable bonds is 2. The first-order valence-corrected chi connectivity index (χ1v) is 9.12. The molecule has 4 aliphatic carbocycles. The highest BCUT2D eigenvalue weighted by Gasteiger charge is 2.50. The average Bonchev–Trinajstić information content (AvgIpc) is 2.45. The minimum Gasteiger partial charge on any atom is -0.342 e. The second-order valence-electron chi connectivity index (χ2n) is 8.45. The second kappa shape index (κ2) is 5.26. The van der Waals surface area contributed by atoms with Gasteiger partial charge in [0.1, 0.15) is 0 Å². The molecule has 4 saturated carbocycles. The molecular formula is C18H30N2O. The van der Waals surface area contributed by atoms with E-state index in [9.17, 15) is 4.79 Å². The lowest BCUT2D eigenvalue weighted by Crippen LogP contribution is -2.57. The first kappa shape index (κ1) is 14.0. The lowest BCUT2D eigenvalue weighted by molar-refractivity contribution is -0.146. The number of piperidine rings is 1. The zero-order valence-electron chi connectivity index (χ0n) is 13.6. The van der Waals surface area contributed by atoms with Gasteiger partial charge >= 0.3 is 0 Å². The zero-order valence-corrected chi connectivity index (χ0v) is 13.6. The molecule has 1 aliphatic heterocycles. The van der Waals surface area contributed by atoms with Gasteiger partial charge in [-0.05, 0) is 82.1 Å². The SMILES string of the molecule is CC1CC(C(=O)N(C)C2C3CC4CC(C3)CC2C4)CCN1. The predicted octanol–water partition coefficient (Wildman–Crippen LogP) is 2.66. The molecule has 0 radical (unpaired) electrons. The van der Waals surface area contributed by atoms with Crippen LogP contribution in [0.25, 0.3) is 0 Å². The van der Waals surface area contributed by atoms with Crippen LogP contribution >= 0.6 is 0 Å². The standard InChI is InChI=1S/C18H30N2O/c1-11-5-14(3-4-19-11)18(21)20(2)17-15-7-12-6-13(9-15)10-16(17)8-12/h11-17,19H,3-10H2,1-2H3. The Bertz CT molecular complexity index is 393. The number of hydrogen-bond donors (Lipinski definition) is 1. The fraction of sp³-hybridized carbons (Fsp3) is 0.944. The monoisotopic (exact) mass is 290 g/mol. The molecule has 3 heteroatoms. The van der Waals surface area contributed by atoms with Crippen molar-refractivity contribution < 1.29 is 4.79 Å². The Morgan fingerprint density at radius 3 is 2.19 bits per heavy atom. The smallest absolute Gasteiger partial charge is 0.225 e. The van der Waals surface area contributed by atoms with E-state index in [1.807, 2.05) is 0 Å². The highest BCUT2D eigenvalue weighted by Crippen LogP contribution is 2.55. The Kier molecular flexibility index (Phi) is 3.52. The highest BCUT2D eigenvalue weighted by atomic mass is 16.2. The first-order valence-electron chi connectivity index (χ1n) is 9.12. The predicted molar refractivity (Wildman–Crippen MR) is 83.8 cm³/mol. The molecule has 5 fully saturated rings. The Morgan fingerprint density at radius 2 is 1.62 bits per heavy atom. The largest absolute Gasteiger partial charge is 0.342 e. The summed E-state index contributed by atoms with van der Waals surface area (Å²) in [6.07, 6.45) is 9.14. The summed E-state index contributed by atoms with van der Waals surface area (Å²) in [6, 6.07) is 1.06. The third-order valence-corrected chi connectivity index (χ3v) is 6.94. The number of carbonyl (C=O) groups excluding carboxylic acids is 1. The third-order valence-electron chi connectivity index (χ3n) is 6.94. The van der Waals surface area contributed by atoms with Crippen LogP contribution in [0.15, 0.2) is 0 Å². The van der Waals surface area contributed by atoms with Crippen LogP contribution in [-0.4, -0.2) is 36.5 Å². The van der Waals surface area contributed by atoms with E-state index in [-0.39, 0.29) is 5.92 Å². The van der Waals surface area contributed by atoms with Gasteiger partial charge in [0.05, 0.1) is 0 Å². The van der Waals surface area contributed by atoms with Crippen molar-refractivity contribution in [1.29, 1.82) is 0 Å². The van der Waals surface area contributed by atoms with E-state index < -0.39 is 0 Å². The van der Waals surface area contributed by atoms with Crippen molar-refractivity contribution in [3.63, 3.8) is 0 Å². The van der Waals surface area contributed by atoms with Gasteiger partial charge in [0.25, 0.3) is 0 Å². The summed E-state index contributed by atoms with van der Waals surface area (Å²) in [5, 5.41) is 3.47. The molecule has 118 valence electrons. The summed E-state index contributed by atoms with van der Waals surface area (Å²) in [5.41, 5.74) is 0. The zero-order chi connectivity index (χ0) is 14.6. The molecule has 5 aliphatic rings. The molecule has 5 rings (SSSR count). The molecule has 1 heterocycles. The van der Waals surface area contributed by atoms with Gasteiger partial charge < -0.3 is 10.2 Å². The lowest BCUT2D eigenvalue weighted by atomic mass is 9.54. The van der Waals surface area contributed by atoms with Crippen LogP contribution < -0.4 is 5.32 Å². The molecular weight excluding hydrogens is 260 g/mol. The molecule has 2 atom stereocenters. The maximum absolute atomic E-state index is 13.0. The van der Waals surface area contributed by atoms with Crippen molar-refractivity contribution in [3.05, 3.63) is 0 Å². The van der Waals surface area contributed by atoms with Crippen LogP contribution in [-0.2, 0) is 4.79 Å². The third kappa shape index (κ3) is 2.42. The topological polar surface area (TPSA) is 32.3 Å². The average molecular weight is 290 g/mol. The van der Waals surface area contributed by atoms with E-state index in [0.29, 0.717) is 18.0 Å². The first-order chi connectivity index (χ1) is 10.1. The molecule has 0 spiro atoms. The van der Waals surface area contributed by atoms with Crippen LogP contribution in [0, 0.1) is 29.6 Å². The Balaban J connectivity index is 1.47. The number of carbonyl (C=O) groups is 1. The quantitative estimate of drug-likeness (QED) is 0.848. The van der Waals surface area contributed by atoms with E-state index in [0.717, 1.165) is 43.1 Å². The van der Waals surface area contributed by atoms with Crippen molar-refractivity contribution in [1.82, 2.24) is 10.2 Å². The molecule has 0 aromatic heterocycles.